The summed E-state index contributed by atoms with van der Waals surface area (Å²) in [5, 5.41) is 0. The van der Waals surface area contributed by atoms with E-state index >= 15 is 0 Å². The minimum atomic E-state index is -1.12. The Labute approximate surface area is 111 Å². The van der Waals surface area contributed by atoms with E-state index in [1.807, 2.05) is 13.8 Å². The number of hydrogen-bond donors (Lipinski definition) is 0. The highest BCUT2D eigenvalue weighted by atomic mass is 16.5. The third-order valence-corrected chi connectivity index (χ3v) is 2.89. The van der Waals surface area contributed by atoms with Crippen molar-refractivity contribution in [3.8, 4) is 0 Å². The van der Waals surface area contributed by atoms with Crippen molar-refractivity contribution in [3.63, 3.8) is 0 Å². The predicted octanol–water partition coefficient (Wildman–Crippen LogP) is 2.90. The lowest BCUT2D eigenvalue weighted by atomic mass is 9.94. The summed E-state index contributed by atoms with van der Waals surface area (Å²) in [7, 11) is 0. The van der Waals surface area contributed by atoms with Crippen molar-refractivity contribution in [2.24, 2.45) is 0 Å². The highest BCUT2D eigenvalue weighted by molar-refractivity contribution is 6.08. The average molecular weight is 260 g/mol. The molecular weight excluding hydrogens is 244 g/mol. The number of ether oxygens (including phenoxy) is 1. The van der Waals surface area contributed by atoms with Crippen LogP contribution in [0.15, 0.2) is 40.7 Å². The summed E-state index contributed by atoms with van der Waals surface area (Å²) in [5.74, 6) is 0.142. The van der Waals surface area contributed by atoms with Gasteiger partial charge in [0.15, 0.2) is 11.4 Å². The first-order valence-corrected chi connectivity index (χ1v) is 6.06. The van der Waals surface area contributed by atoms with E-state index in [1.165, 1.54) is 24.7 Å². The van der Waals surface area contributed by atoms with E-state index in [-0.39, 0.29) is 18.0 Å². The summed E-state index contributed by atoms with van der Waals surface area (Å²) in [6, 6.07) is 1.71. The molecule has 1 aliphatic heterocycles. The van der Waals surface area contributed by atoms with Crippen molar-refractivity contribution < 1.29 is 18.7 Å². The van der Waals surface area contributed by atoms with Gasteiger partial charge < -0.3 is 9.15 Å². The molecule has 1 aliphatic rings. The van der Waals surface area contributed by atoms with Crippen LogP contribution < -0.4 is 0 Å². The van der Waals surface area contributed by atoms with Crippen molar-refractivity contribution in [1.82, 2.24) is 0 Å². The normalized spacial score (nSPS) is 21.8. The monoisotopic (exact) mass is 260 g/mol. The van der Waals surface area contributed by atoms with Gasteiger partial charge in [0.2, 0.25) is 5.78 Å². The summed E-state index contributed by atoms with van der Waals surface area (Å²) >= 11 is 0. The molecule has 0 bridgehead atoms. The maximum Gasteiger partial charge on any atom is 0.203 e. The molecule has 1 aromatic heterocycles. The van der Waals surface area contributed by atoms with Gasteiger partial charge in [0.1, 0.15) is 12.0 Å². The molecule has 0 fully saturated rings. The van der Waals surface area contributed by atoms with E-state index in [0.717, 1.165) is 5.57 Å². The molecule has 0 N–H and O–H groups in total. The lowest BCUT2D eigenvalue weighted by molar-refractivity contribution is -0.132. The second kappa shape index (κ2) is 4.88. The fraction of sp³-hybridized carbons (Fsp3) is 0.333. The summed E-state index contributed by atoms with van der Waals surface area (Å²) in [6.45, 7) is 5.31. The molecule has 4 heteroatoms. The van der Waals surface area contributed by atoms with Crippen LogP contribution in [0.25, 0.3) is 5.76 Å². The lowest BCUT2D eigenvalue weighted by Gasteiger charge is -2.22. The Morgan fingerprint density at radius 1 is 1.42 bits per heavy atom. The Hall–Kier alpha value is -2.10. The number of carbonyl (C=O) groups excluding carboxylic acids is 2. The molecule has 1 atom stereocenters. The van der Waals surface area contributed by atoms with Crippen molar-refractivity contribution >= 4 is 17.3 Å². The standard InChI is InChI=1S/C15H16O4/c1-10(2)6-12(16)8-15(3)14(17)7-13(19-15)11-4-5-18-9-11/h4-7,9H,8H2,1-3H3/t15-/m1/s1. The smallest absolute Gasteiger partial charge is 0.203 e. The second-order valence-corrected chi connectivity index (χ2v) is 5.08. The minimum absolute atomic E-state index is 0.0366. The molecule has 0 saturated heterocycles. The maximum absolute atomic E-state index is 12.0. The zero-order chi connectivity index (χ0) is 14.0. The Kier molecular flexibility index (Phi) is 3.42. The number of allylic oxidation sites excluding steroid dienone is 2. The average Bonchev–Trinajstić information content (AvgIpc) is 2.86. The molecule has 1 aromatic rings. The molecule has 0 aliphatic carbocycles. The van der Waals surface area contributed by atoms with Crippen LogP contribution in [0.5, 0.6) is 0 Å². The van der Waals surface area contributed by atoms with E-state index < -0.39 is 5.60 Å². The Balaban J connectivity index is 2.13. The Morgan fingerprint density at radius 3 is 2.74 bits per heavy atom. The Bertz CT molecular complexity index is 559. The summed E-state index contributed by atoms with van der Waals surface area (Å²) in [5.41, 5.74) is 0.490. The maximum atomic E-state index is 12.0. The fourth-order valence-corrected chi connectivity index (χ4v) is 1.97. The number of furan rings is 1. The van der Waals surface area contributed by atoms with Gasteiger partial charge in [-0.3, -0.25) is 9.59 Å². The van der Waals surface area contributed by atoms with Crippen LogP contribution in [0.4, 0.5) is 0 Å². The highest BCUT2D eigenvalue weighted by Crippen LogP contribution is 2.34. The molecule has 0 aromatic carbocycles. The van der Waals surface area contributed by atoms with Crippen LogP contribution in [-0.4, -0.2) is 17.2 Å². The van der Waals surface area contributed by atoms with Crippen LogP contribution in [0, 0.1) is 0 Å². The molecule has 19 heavy (non-hydrogen) atoms. The zero-order valence-electron chi connectivity index (χ0n) is 11.2. The molecule has 100 valence electrons. The summed E-state index contributed by atoms with van der Waals surface area (Å²) in [6.07, 6.45) is 5.99. The van der Waals surface area contributed by atoms with Gasteiger partial charge >= 0.3 is 0 Å². The topological polar surface area (TPSA) is 56.5 Å². The number of ketones is 2. The van der Waals surface area contributed by atoms with Crippen LogP contribution in [0.3, 0.4) is 0 Å². The number of hydrogen-bond acceptors (Lipinski definition) is 4. The van der Waals surface area contributed by atoms with Crippen molar-refractivity contribution in [3.05, 3.63) is 41.9 Å². The molecule has 0 unspecified atom stereocenters. The molecule has 0 radical (unpaired) electrons. The van der Waals surface area contributed by atoms with E-state index in [0.29, 0.717) is 11.3 Å². The molecule has 0 saturated carbocycles. The minimum Gasteiger partial charge on any atom is -0.478 e. The fourth-order valence-electron chi connectivity index (χ4n) is 1.97. The lowest BCUT2D eigenvalue weighted by Crippen LogP contribution is -2.35. The van der Waals surface area contributed by atoms with E-state index in [1.54, 1.807) is 13.0 Å². The van der Waals surface area contributed by atoms with Gasteiger partial charge in [0, 0.05) is 6.08 Å². The van der Waals surface area contributed by atoms with Gasteiger partial charge in [-0.15, -0.1) is 0 Å². The van der Waals surface area contributed by atoms with Gasteiger partial charge in [-0.25, -0.2) is 0 Å². The number of rotatable bonds is 4. The van der Waals surface area contributed by atoms with Crippen molar-refractivity contribution in [2.75, 3.05) is 0 Å². The van der Waals surface area contributed by atoms with Crippen LogP contribution >= 0.6 is 0 Å². The van der Waals surface area contributed by atoms with Gasteiger partial charge in [-0.2, -0.15) is 0 Å². The van der Waals surface area contributed by atoms with E-state index in [2.05, 4.69) is 0 Å². The van der Waals surface area contributed by atoms with Crippen LogP contribution in [0.2, 0.25) is 0 Å². The summed E-state index contributed by atoms with van der Waals surface area (Å²) in [4.78, 5) is 23.8. The third-order valence-electron chi connectivity index (χ3n) is 2.89. The number of carbonyl (C=O) groups is 2. The Morgan fingerprint density at radius 2 is 2.16 bits per heavy atom. The van der Waals surface area contributed by atoms with E-state index in [9.17, 15) is 9.59 Å². The molecule has 2 heterocycles. The molecular formula is C15H16O4. The predicted molar refractivity (Wildman–Crippen MR) is 70.2 cm³/mol. The second-order valence-electron chi connectivity index (χ2n) is 5.08. The molecule has 2 rings (SSSR count). The van der Waals surface area contributed by atoms with Crippen LogP contribution in [-0.2, 0) is 14.3 Å². The van der Waals surface area contributed by atoms with Gasteiger partial charge in [-0.1, -0.05) is 5.57 Å². The molecule has 0 amide bonds. The first-order chi connectivity index (χ1) is 8.90. The van der Waals surface area contributed by atoms with Gasteiger partial charge in [0.25, 0.3) is 0 Å². The van der Waals surface area contributed by atoms with Crippen LogP contribution in [0.1, 0.15) is 32.8 Å². The van der Waals surface area contributed by atoms with E-state index in [4.69, 9.17) is 9.15 Å². The highest BCUT2D eigenvalue weighted by Gasteiger charge is 2.41. The zero-order valence-corrected chi connectivity index (χ0v) is 11.2. The first-order valence-electron chi connectivity index (χ1n) is 6.06. The SMILES string of the molecule is CC(C)=CC(=O)C[C@@]1(C)OC(c2ccoc2)=CC1=O. The van der Waals surface area contributed by atoms with Crippen molar-refractivity contribution in [1.29, 1.82) is 0 Å². The first kappa shape index (κ1) is 13.3. The van der Waals surface area contributed by atoms with Crippen molar-refractivity contribution in [2.45, 2.75) is 32.8 Å². The quantitative estimate of drug-likeness (QED) is 0.781. The third kappa shape index (κ3) is 2.84. The molecule has 0 spiro atoms. The largest absolute Gasteiger partial charge is 0.478 e. The molecule has 4 nitrogen and oxygen atoms in total. The van der Waals surface area contributed by atoms with Gasteiger partial charge in [0.05, 0.1) is 18.2 Å². The van der Waals surface area contributed by atoms with Gasteiger partial charge in [-0.05, 0) is 32.9 Å². The summed E-state index contributed by atoms with van der Waals surface area (Å²) < 4.78 is 10.6.